The number of rotatable bonds is 5. The third-order valence-electron chi connectivity index (χ3n) is 2.84. The van der Waals surface area contributed by atoms with E-state index in [0.717, 1.165) is 5.69 Å². The molecular formula is C13H17N3O3. The number of aliphatic hydroxyl groups excluding tert-OH is 1. The molecule has 6 nitrogen and oxygen atoms in total. The summed E-state index contributed by atoms with van der Waals surface area (Å²) in [5, 5.41) is 18.1. The molecule has 2 rings (SSSR count). The van der Waals surface area contributed by atoms with Crippen LogP contribution < -0.4 is 9.47 Å². The van der Waals surface area contributed by atoms with Crippen molar-refractivity contribution in [1.29, 1.82) is 0 Å². The monoisotopic (exact) mass is 263 g/mol. The third kappa shape index (κ3) is 2.85. The lowest BCUT2D eigenvalue weighted by atomic mass is 10.0. The molecule has 1 aromatic heterocycles. The van der Waals surface area contributed by atoms with Gasteiger partial charge in [0.15, 0.2) is 11.5 Å². The quantitative estimate of drug-likeness (QED) is 0.875. The third-order valence-corrected chi connectivity index (χ3v) is 2.84. The molecule has 1 N–H and O–H groups in total. The molecule has 0 bridgehead atoms. The highest BCUT2D eigenvalue weighted by Crippen LogP contribution is 2.35. The van der Waals surface area contributed by atoms with Crippen LogP contribution in [0.25, 0.3) is 0 Å². The molecule has 0 aliphatic carbocycles. The lowest BCUT2D eigenvalue weighted by Gasteiger charge is -2.16. The summed E-state index contributed by atoms with van der Waals surface area (Å²) in [6, 6.07) is 5.41. The van der Waals surface area contributed by atoms with Gasteiger partial charge in [0.1, 0.15) is 0 Å². The van der Waals surface area contributed by atoms with E-state index >= 15 is 0 Å². The molecule has 0 radical (unpaired) electrons. The molecular weight excluding hydrogens is 246 g/mol. The number of ether oxygens (including phenoxy) is 2. The molecule has 1 atom stereocenters. The van der Waals surface area contributed by atoms with Crippen molar-refractivity contribution >= 4 is 0 Å². The first-order chi connectivity index (χ1) is 9.15. The van der Waals surface area contributed by atoms with Crippen LogP contribution in [0.5, 0.6) is 11.5 Å². The van der Waals surface area contributed by atoms with Crippen LogP contribution in [0.2, 0.25) is 0 Å². The predicted octanol–water partition coefficient (Wildman–Crippen LogP) is 1.11. The van der Waals surface area contributed by atoms with Gasteiger partial charge in [-0.1, -0.05) is 17.3 Å². The molecule has 19 heavy (non-hydrogen) atoms. The van der Waals surface area contributed by atoms with E-state index in [1.165, 1.54) is 0 Å². The lowest BCUT2D eigenvalue weighted by molar-refractivity contribution is 0.171. The molecule has 0 fully saturated rings. The summed E-state index contributed by atoms with van der Waals surface area (Å²) in [7, 11) is 4.90. The minimum absolute atomic E-state index is 0.372. The Labute approximate surface area is 111 Å². The van der Waals surface area contributed by atoms with Gasteiger partial charge in [-0.25, -0.2) is 0 Å². The van der Waals surface area contributed by atoms with Crippen LogP contribution in [0.15, 0.2) is 24.4 Å². The fourth-order valence-corrected chi connectivity index (χ4v) is 1.97. The number of methoxy groups -OCH3 is 2. The zero-order valence-corrected chi connectivity index (χ0v) is 11.2. The van der Waals surface area contributed by atoms with Gasteiger partial charge < -0.3 is 14.6 Å². The van der Waals surface area contributed by atoms with E-state index in [1.807, 2.05) is 12.1 Å². The van der Waals surface area contributed by atoms with Gasteiger partial charge in [0.2, 0.25) is 0 Å². The van der Waals surface area contributed by atoms with E-state index in [2.05, 4.69) is 10.3 Å². The fourth-order valence-electron chi connectivity index (χ4n) is 1.97. The fraction of sp³-hybridized carbons (Fsp3) is 0.385. The number of hydrogen-bond donors (Lipinski definition) is 1. The van der Waals surface area contributed by atoms with Gasteiger partial charge in [-0.3, -0.25) is 4.68 Å². The van der Waals surface area contributed by atoms with Gasteiger partial charge in [0, 0.05) is 25.2 Å². The van der Waals surface area contributed by atoms with Crippen molar-refractivity contribution in [3.63, 3.8) is 0 Å². The van der Waals surface area contributed by atoms with E-state index in [4.69, 9.17) is 9.47 Å². The maximum atomic E-state index is 10.3. The van der Waals surface area contributed by atoms with Crippen LogP contribution in [0.1, 0.15) is 17.4 Å². The Morgan fingerprint density at radius 1 is 1.32 bits per heavy atom. The van der Waals surface area contributed by atoms with Gasteiger partial charge in [0.05, 0.1) is 26.0 Å². The minimum Gasteiger partial charge on any atom is -0.493 e. The summed E-state index contributed by atoms with van der Waals surface area (Å²) in [6.45, 7) is 0. The van der Waals surface area contributed by atoms with E-state index < -0.39 is 6.10 Å². The lowest BCUT2D eigenvalue weighted by Crippen LogP contribution is -2.05. The summed E-state index contributed by atoms with van der Waals surface area (Å²) >= 11 is 0. The normalized spacial score (nSPS) is 12.2. The largest absolute Gasteiger partial charge is 0.493 e. The molecule has 1 unspecified atom stereocenters. The Hall–Kier alpha value is -2.08. The van der Waals surface area contributed by atoms with Crippen LogP contribution in [0.3, 0.4) is 0 Å². The maximum absolute atomic E-state index is 10.3. The zero-order chi connectivity index (χ0) is 13.8. The summed E-state index contributed by atoms with van der Waals surface area (Å²) < 4.78 is 12.1. The molecule has 0 amide bonds. The molecule has 0 aliphatic rings. The van der Waals surface area contributed by atoms with Crippen LogP contribution in [0.4, 0.5) is 0 Å². The van der Waals surface area contributed by atoms with Crippen LogP contribution >= 0.6 is 0 Å². The average Bonchev–Trinajstić information content (AvgIpc) is 2.82. The van der Waals surface area contributed by atoms with Crippen molar-refractivity contribution in [3.8, 4) is 11.5 Å². The Bertz CT molecular complexity index is 554. The SMILES string of the molecule is COc1cccc(C(O)Cc2cn(C)nn2)c1OC. The summed E-state index contributed by atoms with van der Waals surface area (Å²) in [6.07, 6.45) is 1.43. The van der Waals surface area contributed by atoms with Crippen LogP contribution in [-0.2, 0) is 13.5 Å². The van der Waals surface area contributed by atoms with Gasteiger partial charge in [-0.2, -0.15) is 0 Å². The standard InChI is InChI=1S/C13H17N3O3/c1-16-8-9(14-15-16)7-11(17)10-5-4-6-12(18-2)13(10)19-3/h4-6,8,11,17H,7H2,1-3H3. The summed E-state index contributed by atoms with van der Waals surface area (Å²) in [4.78, 5) is 0. The van der Waals surface area contributed by atoms with Gasteiger partial charge >= 0.3 is 0 Å². The Balaban J connectivity index is 2.25. The van der Waals surface area contributed by atoms with E-state index in [0.29, 0.717) is 23.5 Å². The molecule has 0 spiro atoms. The zero-order valence-electron chi connectivity index (χ0n) is 11.2. The van der Waals surface area contributed by atoms with Crippen molar-refractivity contribution in [2.24, 2.45) is 7.05 Å². The van der Waals surface area contributed by atoms with Gasteiger partial charge in [0.25, 0.3) is 0 Å². The number of hydrogen-bond acceptors (Lipinski definition) is 5. The molecule has 1 heterocycles. The smallest absolute Gasteiger partial charge is 0.166 e. The highest BCUT2D eigenvalue weighted by atomic mass is 16.5. The predicted molar refractivity (Wildman–Crippen MR) is 69.2 cm³/mol. The van der Waals surface area contributed by atoms with Crippen LogP contribution in [-0.4, -0.2) is 34.3 Å². The van der Waals surface area contributed by atoms with Crippen molar-refractivity contribution < 1.29 is 14.6 Å². The van der Waals surface area contributed by atoms with Crippen molar-refractivity contribution in [1.82, 2.24) is 15.0 Å². The van der Waals surface area contributed by atoms with Crippen LogP contribution in [0, 0.1) is 0 Å². The molecule has 1 aromatic carbocycles. The van der Waals surface area contributed by atoms with Gasteiger partial charge in [-0.05, 0) is 6.07 Å². The number of aromatic nitrogens is 3. The first-order valence-corrected chi connectivity index (χ1v) is 5.90. The second kappa shape index (κ2) is 5.71. The first kappa shape index (κ1) is 13.4. The van der Waals surface area contributed by atoms with Crippen molar-refractivity contribution in [2.45, 2.75) is 12.5 Å². The summed E-state index contributed by atoms with van der Waals surface area (Å²) in [5.41, 5.74) is 1.40. The highest BCUT2D eigenvalue weighted by Gasteiger charge is 2.18. The number of benzene rings is 1. The molecule has 102 valence electrons. The number of nitrogens with zero attached hydrogens (tertiary/aromatic N) is 3. The Kier molecular flexibility index (Phi) is 4.01. The van der Waals surface area contributed by atoms with E-state index in [-0.39, 0.29) is 0 Å². The summed E-state index contributed by atoms with van der Waals surface area (Å²) in [5.74, 6) is 1.14. The van der Waals surface area contributed by atoms with Gasteiger partial charge in [-0.15, -0.1) is 5.10 Å². The topological polar surface area (TPSA) is 69.4 Å². The second-order valence-corrected chi connectivity index (χ2v) is 4.19. The second-order valence-electron chi connectivity index (χ2n) is 4.19. The molecule has 0 aliphatic heterocycles. The first-order valence-electron chi connectivity index (χ1n) is 5.90. The maximum Gasteiger partial charge on any atom is 0.166 e. The minimum atomic E-state index is -0.721. The van der Waals surface area contributed by atoms with E-state index in [1.54, 1.807) is 38.2 Å². The van der Waals surface area contributed by atoms with E-state index in [9.17, 15) is 5.11 Å². The highest BCUT2D eigenvalue weighted by molar-refractivity contribution is 5.47. The number of aryl methyl sites for hydroxylation is 1. The number of aliphatic hydroxyl groups is 1. The molecule has 0 saturated heterocycles. The number of para-hydroxylation sites is 1. The Morgan fingerprint density at radius 2 is 2.11 bits per heavy atom. The van der Waals surface area contributed by atoms with Crippen molar-refractivity contribution in [3.05, 3.63) is 35.7 Å². The molecule has 6 heteroatoms. The average molecular weight is 263 g/mol. The molecule has 2 aromatic rings. The van der Waals surface area contributed by atoms with Crippen molar-refractivity contribution in [2.75, 3.05) is 14.2 Å². The molecule has 0 saturated carbocycles. The Morgan fingerprint density at radius 3 is 2.68 bits per heavy atom.